The van der Waals surface area contributed by atoms with E-state index in [0.717, 1.165) is 0 Å². The van der Waals surface area contributed by atoms with Gasteiger partial charge in [0, 0.05) is 11.5 Å². The van der Waals surface area contributed by atoms with Crippen LogP contribution in [0, 0.1) is 5.82 Å². The minimum Gasteiger partial charge on any atom is -0.494 e. The molecule has 0 saturated carbocycles. The summed E-state index contributed by atoms with van der Waals surface area (Å²) in [5.41, 5.74) is 0.443. The van der Waals surface area contributed by atoms with E-state index < -0.39 is 5.82 Å². The van der Waals surface area contributed by atoms with Crippen LogP contribution in [0.1, 0.15) is 0 Å². The van der Waals surface area contributed by atoms with E-state index in [4.69, 9.17) is 27.9 Å². The molecule has 0 spiro atoms. The third-order valence-corrected chi connectivity index (χ3v) is 2.35. The number of rotatable bonds is 1. The molecule has 3 nitrogen and oxygen atoms in total. The Morgan fingerprint density at radius 2 is 2.00 bits per heavy atom. The minimum absolute atomic E-state index is 0.0150. The summed E-state index contributed by atoms with van der Waals surface area (Å²) in [6, 6.07) is 2.64. The zero-order valence-electron chi connectivity index (χ0n) is 7.59. The van der Waals surface area contributed by atoms with Gasteiger partial charge >= 0.3 is 0 Å². The molecule has 15 heavy (non-hydrogen) atoms. The molecule has 1 heterocycles. The summed E-state index contributed by atoms with van der Waals surface area (Å²) in [4.78, 5) is 7.62. The van der Waals surface area contributed by atoms with Crippen molar-refractivity contribution >= 4 is 34.1 Å². The van der Waals surface area contributed by atoms with E-state index in [1.165, 1.54) is 19.2 Å². The van der Waals surface area contributed by atoms with E-state index in [1.807, 2.05) is 0 Å². The molecule has 0 amide bonds. The Balaban J connectivity index is 2.81. The van der Waals surface area contributed by atoms with Crippen molar-refractivity contribution in [1.82, 2.24) is 9.97 Å². The molecule has 0 aliphatic heterocycles. The van der Waals surface area contributed by atoms with E-state index in [-0.39, 0.29) is 16.2 Å². The Morgan fingerprint density at radius 1 is 1.27 bits per heavy atom. The molecule has 0 fully saturated rings. The lowest BCUT2D eigenvalue weighted by atomic mass is 10.2. The smallest absolute Gasteiger partial charge is 0.224 e. The highest BCUT2D eigenvalue weighted by Crippen LogP contribution is 2.28. The largest absolute Gasteiger partial charge is 0.494 e. The van der Waals surface area contributed by atoms with Gasteiger partial charge in [0.15, 0.2) is 11.6 Å². The molecule has 2 aromatic rings. The van der Waals surface area contributed by atoms with Gasteiger partial charge < -0.3 is 4.74 Å². The number of methoxy groups -OCH3 is 1. The van der Waals surface area contributed by atoms with Gasteiger partial charge in [-0.25, -0.2) is 14.4 Å². The summed E-state index contributed by atoms with van der Waals surface area (Å²) < 4.78 is 18.1. The van der Waals surface area contributed by atoms with Crippen molar-refractivity contribution in [2.24, 2.45) is 0 Å². The zero-order chi connectivity index (χ0) is 11.0. The quantitative estimate of drug-likeness (QED) is 0.573. The maximum Gasteiger partial charge on any atom is 0.224 e. The van der Waals surface area contributed by atoms with Crippen molar-refractivity contribution < 1.29 is 9.13 Å². The number of hydrogen-bond acceptors (Lipinski definition) is 3. The maximum absolute atomic E-state index is 13.3. The fourth-order valence-corrected chi connectivity index (χ4v) is 1.67. The summed E-state index contributed by atoms with van der Waals surface area (Å²) in [6.07, 6.45) is 0. The molecule has 0 saturated heterocycles. The van der Waals surface area contributed by atoms with Crippen LogP contribution in [-0.2, 0) is 0 Å². The molecular weight excluding hydrogens is 242 g/mol. The Hall–Kier alpha value is -1.13. The topological polar surface area (TPSA) is 35.0 Å². The van der Waals surface area contributed by atoms with Crippen LogP contribution in [0.25, 0.3) is 10.9 Å². The van der Waals surface area contributed by atoms with E-state index in [1.54, 1.807) is 0 Å². The summed E-state index contributed by atoms with van der Waals surface area (Å²) in [7, 11) is 1.37. The lowest BCUT2D eigenvalue weighted by Crippen LogP contribution is -1.92. The fraction of sp³-hybridized carbons (Fsp3) is 0.111. The molecule has 78 valence electrons. The highest BCUT2D eigenvalue weighted by Gasteiger charge is 2.10. The molecule has 0 aliphatic carbocycles. The number of ether oxygens (including phenoxy) is 1. The minimum atomic E-state index is -0.516. The third-order valence-electron chi connectivity index (χ3n) is 1.90. The van der Waals surface area contributed by atoms with Crippen LogP contribution in [-0.4, -0.2) is 17.1 Å². The molecule has 0 N–H and O–H groups in total. The number of benzene rings is 1. The van der Waals surface area contributed by atoms with Gasteiger partial charge in [-0.2, -0.15) is 0 Å². The average molecular weight is 247 g/mol. The van der Waals surface area contributed by atoms with Crippen molar-refractivity contribution in [1.29, 1.82) is 0 Å². The monoisotopic (exact) mass is 246 g/mol. The van der Waals surface area contributed by atoms with Crippen molar-refractivity contribution in [3.8, 4) is 5.75 Å². The molecule has 0 unspecified atom stereocenters. The van der Waals surface area contributed by atoms with Crippen LogP contribution in [0.3, 0.4) is 0 Å². The molecule has 0 atom stereocenters. The SMILES string of the molecule is COc1cc2nc(Cl)nc(Cl)c2cc1F. The Bertz CT molecular complexity index is 533. The first-order valence-corrected chi connectivity index (χ1v) is 4.73. The normalized spacial score (nSPS) is 10.7. The predicted octanol–water partition coefficient (Wildman–Crippen LogP) is 3.08. The first-order valence-electron chi connectivity index (χ1n) is 3.98. The lowest BCUT2D eigenvalue weighted by Gasteiger charge is -2.04. The molecule has 2 rings (SSSR count). The van der Waals surface area contributed by atoms with Gasteiger partial charge in [-0.3, -0.25) is 0 Å². The van der Waals surface area contributed by atoms with Crippen molar-refractivity contribution in [3.05, 3.63) is 28.4 Å². The van der Waals surface area contributed by atoms with Crippen molar-refractivity contribution in [3.63, 3.8) is 0 Å². The molecule has 6 heteroatoms. The number of aromatic nitrogens is 2. The van der Waals surface area contributed by atoms with Crippen molar-refractivity contribution in [2.45, 2.75) is 0 Å². The molecule has 0 aliphatic rings. The Kier molecular flexibility index (Phi) is 2.63. The first kappa shape index (κ1) is 10.4. The van der Waals surface area contributed by atoms with Crippen LogP contribution >= 0.6 is 23.2 Å². The van der Waals surface area contributed by atoms with E-state index >= 15 is 0 Å². The number of halogens is 3. The second-order valence-corrected chi connectivity index (χ2v) is 3.48. The fourth-order valence-electron chi connectivity index (χ4n) is 1.22. The summed E-state index contributed by atoms with van der Waals surface area (Å²) in [5, 5.41) is 0.534. The van der Waals surface area contributed by atoms with Crippen molar-refractivity contribution in [2.75, 3.05) is 7.11 Å². The predicted molar refractivity (Wildman–Crippen MR) is 56.1 cm³/mol. The molecular formula is C9H5Cl2FN2O. The Morgan fingerprint density at radius 3 is 2.67 bits per heavy atom. The van der Waals surface area contributed by atoms with E-state index in [2.05, 4.69) is 9.97 Å². The average Bonchev–Trinajstić information content (AvgIpc) is 2.18. The van der Waals surface area contributed by atoms with Gasteiger partial charge in [-0.15, -0.1) is 0 Å². The van der Waals surface area contributed by atoms with Crippen LogP contribution in [0.15, 0.2) is 12.1 Å². The summed E-state index contributed by atoms with van der Waals surface area (Å²) >= 11 is 11.4. The van der Waals surface area contributed by atoms with Gasteiger partial charge in [-0.1, -0.05) is 11.6 Å². The second-order valence-electron chi connectivity index (χ2n) is 2.79. The van der Waals surface area contributed by atoms with Gasteiger partial charge in [0.1, 0.15) is 5.15 Å². The molecule has 1 aromatic heterocycles. The zero-order valence-corrected chi connectivity index (χ0v) is 9.10. The lowest BCUT2D eigenvalue weighted by molar-refractivity contribution is 0.387. The van der Waals surface area contributed by atoms with Gasteiger partial charge in [0.2, 0.25) is 5.28 Å². The second kappa shape index (κ2) is 3.79. The van der Waals surface area contributed by atoms with Crippen LogP contribution < -0.4 is 4.74 Å². The van der Waals surface area contributed by atoms with E-state index in [0.29, 0.717) is 10.9 Å². The van der Waals surface area contributed by atoms with E-state index in [9.17, 15) is 4.39 Å². The highest BCUT2D eigenvalue weighted by molar-refractivity contribution is 6.35. The number of hydrogen-bond donors (Lipinski definition) is 0. The van der Waals surface area contributed by atoms with Gasteiger partial charge in [0.25, 0.3) is 0 Å². The summed E-state index contributed by atoms with van der Waals surface area (Å²) in [6.45, 7) is 0. The van der Waals surface area contributed by atoms with Crippen LogP contribution in [0.5, 0.6) is 5.75 Å². The highest BCUT2D eigenvalue weighted by atomic mass is 35.5. The number of fused-ring (bicyclic) bond motifs is 1. The van der Waals surface area contributed by atoms with Crippen LogP contribution in [0.4, 0.5) is 4.39 Å². The summed E-state index contributed by atoms with van der Waals surface area (Å²) in [5.74, 6) is -0.425. The molecule has 1 aromatic carbocycles. The molecule has 0 bridgehead atoms. The number of nitrogens with zero attached hydrogens (tertiary/aromatic N) is 2. The first-order chi connectivity index (χ1) is 7.11. The Labute approximate surface area is 94.8 Å². The standard InChI is InChI=1S/C9H5Cl2FN2O/c1-15-7-3-6-4(2-5(7)12)8(10)14-9(11)13-6/h2-3H,1H3. The third kappa shape index (κ3) is 1.82. The van der Waals surface area contributed by atoms with Crippen LogP contribution in [0.2, 0.25) is 10.4 Å². The van der Waals surface area contributed by atoms with Gasteiger partial charge in [0.05, 0.1) is 12.6 Å². The molecule has 0 radical (unpaired) electrons. The van der Waals surface area contributed by atoms with Gasteiger partial charge in [-0.05, 0) is 17.7 Å². The maximum atomic E-state index is 13.3.